The third-order valence-electron chi connectivity index (χ3n) is 3.31. The molecule has 1 aliphatic carbocycles. The lowest BCUT2D eigenvalue weighted by Gasteiger charge is -2.04. The van der Waals surface area contributed by atoms with Gasteiger partial charge in [0.25, 0.3) is 0 Å². The molecule has 6 heteroatoms. The molecule has 0 bridgehead atoms. The van der Waals surface area contributed by atoms with Crippen LogP contribution in [0.3, 0.4) is 0 Å². The first-order chi connectivity index (χ1) is 9.20. The molecule has 1 aromatic heterocycles. The average Bonchev–Trinajstić information content (AvgIpc) is 3.02. The van der Waals surface area contributed by atoms with Crippen LogP contribution in [0.15, 0.2) is 11.1 Å². The Morgan fingerprint density at radius 1 is 1.58 bits per heavy atom. The lowest BCUT2D eigenvalue weighted by atomic mass is 10.1. The van der Waals surface area contributed by atoms with Gasteiger partial charge < -0.3 is 5.11 Å². The zero-order valence-corrected chi connectivity index (χ0v) is 11.5. The molecule has 2 rings (SSSR count). The van der Waals surface area contributed by atoms with Gasteiger partial charge in [0.15, 0.2) is 0 Å². The summed E-state index contributed by atoms with van der Waals surface area (Å²) in [6.45, 7) is 0.533. The number of hydrogen-bond acceptors (Lipinski definition) is 4. The molecule has 1 aromatic rings. The molecule has 1 heterocycles. The molecule has 102 valence electrons. The zero-order valence-electron chi connectivity index (χ0n) is 10.7. The topological polar surface area (TPSA) is 78.9 Å². The van der Waals surface area contributed by atoms with E-state index in [0.29, 0.717) is 18.9 Å². The molecule has 0 aromatic carbocycles. The van der Waals surface area contributed by atoms with E-state index in [1.807, 2.05) is 6.07 Å². The van der Waals surface area contributed by atoms with Gasteiger partial charge in [-0.2, -0.15) is 10.4 Å². The zero-order chi connectivity index (χ0) is 13.7. The molecule has 0 radical (unpaired) electrons. The number of nitriles is 1. The van der Waals surface area contributed by atoms with Crippen LogP contribution in [0.4, 0.5) is 0 Å². The van der Waals surface area contributed by atoms with E-state index in [4.69, 9.17) is 10.4 Å². The molecule has 0 amide bonds. The predicted molar refractivity (Wildman–Crippen MR) is 72.0 cm³/mol. The molecule has 0 unspecified atom stereocenters. The van der Waals surface area contributed by atoms with Gasteiger partial charge in [-0.25, -0.2) is 0 Å². The lowest BCUT2D eigenvalue weighted by molar-refractivity contribution is -0.133. The van der Waals surface area contributed by atoms with E-state index < -0.39 is 5.97 Å². The van der Waals surface area contributed by atoms with Gasteiger partial charge in [0.05, 0.1) is 35.5 Å². The van der Waals surface area contributed by atoms with E-state index in [2.05, 4.69) is 11.2 Å². The number of hydrogen-bond donors (Lipinski definition) is 1. The van der Waals surface area contributed by atoms with E-state index >= 15 is 0 Å². The summed E-state index contributed by atoms with van der Waals surface area (Å²) >= 11 is 1.28. The number of carbonyl (C=O) groups is 1. The Hall–Kier alpha value is -1.48. The van der Waals surface area contributed by atoms with Gasteiger partial charge in [-0.05, 0) is 18.9 Å². The summed E-state index contributed by atoms with van der Waals surface area (Å²) in [7, 11) is 0. The van der Waals surface area contributed by atoms with Crippen molar-refractivity contribution >= 4 is 17.7 Å². The van der Waals surface area contributed by atoms with Crippen molar-refractivity contribution in [3.05, 3.63) is 11.8 Å². The summed E-state index contributed by atoms with van der Waals surface area (Å²) in [6.07, 6.45) is 5.21. The summed E-state index contributed by atoms with van der Waals surface area (Å²) in [5.41, 5.74) is 1.06. The van der Waals surface area contributed by atoms with Gasteiger partial charge in [0, 0.05) is 5.92 Å². The van der Waals surface area contributed by atoms with Crippen molar-refractivity contribution in [2.75, 3.05) is 5.75 Å². The molecule has 0 spiro atoms. The second kappa shape index (κ2) is 6.62. The van der Waals surface area contributed by atoms with Gasteiger partial charge in [-0.15, -0.1) is 0 Å². The molecule has 1 N–H and O–H groups in total. The highest BCUT2D eigenvalue weighted by Crippen LogP contribution is 2.35. The smallest absolute Gasteiger partial charge is 0.313 e. The monoisotopic (exact) mass is 279 g/mol. The van der Waals surface area contributed by atoms with Crippen LogP contribution in [0.5, 0.6) is 0 Å². The van der Waals surface area contributed by atoms with Crippen molar-refractivity contribution < 1.29 is 9.90 Å². The van der Waals surface area contributed by atoms with Gasteiger partial charge in [-0.3, -0.25) is 9.48 Å². The maximum Gasteiger partial charge on any atom is 0.313 e. The van der Waals surface area contributed by atoms with Crippen molar-refractivity contribution in [1.82, 2.24) is 9.78 Å². The Morgan fingerprint density at radius 3 is 2.95 bits per heavy atom. The maximum atomic E-state index is 10.7. The fourth-order valence-electron chi connectivity index (χ4n) is 2.41. The molecule has 0 atom stereocenters. The number of carboxylic acids is 1. The fourth-order valence-corrected chi connectivity index (χ4v) is 3.16. The van der Waals surface area contributed by atoms with Crippen molar-refractivity contribution in [3.63, 3.8) is 0 Å². The molecular weight excluding hydrogens is 262 g/mol. The number of aliphatic carboxylic acids is 1. The van der Waals surface area contributed by atoms with Crippen LogP contribution in [0.25, 0.3) is 0 Å². The van der Waals surface area contributed by atoms with E-state index in [-0.39, 0.29) is 5.75 Å². The third-order valence-corrected chi connectivity index (χ3v) is 4.33. The minimum atomic E-state index is -0.833. The van der Waals surface area contributed by atoms with Crippen LogP contribution in [0, 0.1) is 11.3 Å². The highest BCUT2D eigenvalue weighted by molar-refractivity contribution is 7.99. The Kier molecular flexibility index (Phi) is 4.86. The van der Waals surface area contributed by atoms with Crippen LogP contribution >= 0.6 is 11.8 Å². The van der Waals surface area contributed by atoms with Crippen LogP contribution in [-0.2, 0) is 11.3 Å². The minimum Gasteiger partial charge on any atom is -0.481 e. The van der Waals surface area contributed by atoms with Crippen LogP contribution in [-0.4, -0.2) is 26.6 Å². The number of nitrogens with zero attached hydrogens (tertiary/aromatic N) is 3. The second-order valence-electron chi connectivity index (χ2n) is 4.70. The molecular formula is C13H17N3O2S. The molecule has 1 saturated carbocycles. The van der Waals surface area contributed by atoms with Crippen LogP contribution in [0.2, 0.25) is 0 Å². The summed E-state index contributed by atoms with van der Waals surface area (Å²) in [6, 6.07) is 4.10. The van der Waals surface area contributed by atoms with Crippen molar-refractivity contribution in [2.45, 2.75) is 49.6 Å². The quantitative estimate of drug-likeness (QED) is 0.810. The second-order valence-corrected chi connectivity index (χ2v) is 5.70. The van der Waals surface area contributed by atoms with Gasteiger partial charge >= 0.3 is 5.97 Å². The van der Waals surface area contributed by atoms with Crippen molar-refractivity contribution in [3.8, 4) is 6.07 Å². The summed E-state index contributed by atoms with van der Waals surface area (Å²) in [5.74, 6) is -0.296. The highest BCUT2D eigenvalue weighted by atomic mass is 32.2. The normalized spacial score (nSPS) is 15.5. The molecule has 0 aliphatic heterocycles. The average molecular weight is 279 g/mol. The van der Waals surface area contributed by atoms with E-state index in [1.54, 1.807) is 4.68 Å². The highest BCUT2D eigenvalue weighted by Gasteiger charge is 2.21. The maximum absolute atomic E-state index is 10.7. The molecule has 1 aliphatic rings. The van der Waals surface area contributed by atoms with Gasteiger partial charge in [0.2, 0.25) is 0 Å². The van der Waals surface area contributed by atoms with E-state index in [9.17, 15) is 4.79 Å². The number of aryl methyl sites for hydroxylation is 1. The largest absolute Gasteiger partial charge is 0.481 e. The number of aromatic nitrogens is 2. The van der Waals surface area contributed by atoms with E-state index in [0.717, 1.165) is 23.6 Å². The number of carboxylic acid groups (broad SMARTS) is 1. The van der Waals surface area contributed by atoms with Crippen molar-refractivity contribution in [2.24, 2.45) is 0 Å². The summed E-state index contributed by atoms with van der Waals surface area (Å²) < 4.78 is 1.78. The summed E-state index contributed by atoms with van der Waals surface area (Å²) in [4.78, 5) is 10.7. The first-order valence-corrected chi connectivity index (χ1v) is 7.48. The van der Waals surface area contributed by atoms with Crippen molar-refractivity contribution in [1.29, 1.82) is 5.26 Å². The Bertz CT molecular complexity index is 487. The first-order valence-electron chi connectivity index (χ1n) is 6.50. The van der Waals surface area contributed by atoms with Crippen LogP contribution < -0.4 is 0 Å². The molecule has 1 fully saturated rings. The molecule has 5 nitrogen and oxygen atoms in total. The SMILES string of the molecule is N#CCCn1nc(C2CCCC2)cc1SCC(=O)O. The Morgan fingerprint density at radius 2 is 2.32 bits per heavy atom. The Balaban J connectivity index is 2.12. The number of thioether (sulfide) groups is 1. The summed E-state index contributed by atoms with van der Waals surface area (Å²) in [5, 5.41) is 22.8. The van der Waals surface area contributed by atoms with Gasteiger partial charge in [-0.1, -0.05) is 24.6 Å². The fraction of sp³-hybridized carbons (Fsp3) is 0.615. The van der Waals surface area contributed by atoms with E-state index in [1.165, 1.54) is 24.6 Å². The lowest BCUT2D eigenvalue weighted by Crippen LogP contribution is -2.04. The standard InChI is InChI=1S/C13H17N3O2S/c14-6-3-7-16-12(19-9-13(17)18)8-11(15-16)10-4-1-2-5-10/h8,10H,1-5,7,9H2,(H,17,18). The first kappa shape index (κ1) is 13.9. The number of rotatable bonds is 6. The predicted octanol–water partition coefficient (Wildman–Crippen LogP) is 2.63. The molecule has 0 saturated heterocycles. The van der Waals surface area contributed by atoms with Crippen LogP contribution in [0.1, 0.15) is 43.7 Å². The minimum absolute atomic E-state index is 0.0301. The Labute approximate surface area is 116 Å². The third kappa shape index (κ3) is 3.74. The van der Waals surface area contributed by atoms with Gasteiger partial charge in [0.1, 0.15) is 0 Å². The molecule has 19 heavy (non-hydrogen) atoms.